The summed E-state index contributed by atoms with van der Waals surface area (Å²) in [6, 6.07) is -2.62. The maximum absolute atomic E-state index is 13.4. The highest BCUT2D eigenvalue weighted by atomic mass is 16.8. The molecule has 18 unspecified atom stereocenters. The number of ether oxygens (including phenoxy) is 6. The Hall–Kier alpha value is -2.79. The number of allylic oxidation sites excluding steroid dienone is 3. The minimum absolute atomic E-state index is 0.195. The summed E-state index contributed by atoms with van der Waals surface area (Å²) in [7, 11) is 0. The molecular formula is C62H112N2O21. The van der Waals surface area contributed by atoms with Crippen LogP contribution in [-0.2, 0) is 42.8 Å². The second-order valence-corrected chi connectivity index (χ2v) is 23.6. The van der Waals surface area contributed by atoms with Gasteiger partial charge in [-0.3, -0.25) is 9.59 Å². The summed E-state index contributed by atoms with van der Waals surface area (Å²) in [6.07, 6.45) is 11.2. The molecule has 18 atom stereocenters. The van der Waals surface area contributed by atoms with Crippen LogP contribution in [0.5, 0.6) is 0 Å². The monoisotopic (exact) mass is 1220 g/mol. The van der Waals surface area contributed by atoms with Crippen LogP contribution in [0, 0.1) is 0 Å². The number of amides is 2. The standard InChI is InChI=1S/C62H112N2O21/c1-4-6-8-10-12-14-15-16-17-18-19-20-21-22-23-24-25-26-28-30-32-34-36-49(72)64-43(44(69)35-33-31-29-27-13-11-9-7-5-2)41-80-59-54(76)53(75)56(48(40-67)82-59)83-60-55(77)58(52(74)47(39-66)81-60)85-62(61(78)79)37-45(70)50(63-42(3)68)57(84-62)51(73)46(71)38-65/h21-22,33,35,43-48,50-60,65-67,69-71,73-77H,4-20,23-32,34,36-41H2,1-3H3,(H,63,68)(H,64,72)(H,78,79)/b22-21-,35-33+. The van der Waals surface area contributed by atoms with E-state index in [0.717, 1.165) is 90.4 Å². The number of aliphatic hydroxyl groups excluding tert-OH is 11. The molecular weight excluding hydrogens is 1110 g/mol. The molecule has 23 nitrogen and oxygen atoms in total. The molecule has 14 N–H and O–H groups in total. The second-order valence-electron chi connectivity index (χ2n) is 23.6. The number of aliphatic carboxylic acids is 1. The van der Waals surface area contributed by atoms with Gasteiger partial charge in [0.1, 0.15) is 67.1 Å². The number of aliphatic hydroxyl groups is 11. The van der Waals surface area contributed by atoms with E-state index < -0.39 is 155 Å². The Morgan fingerprint density at radius 2 is 1.11 bits per heavy atom. The second kappa shape index (κ2) is 43.8. The molecule has 3 heterocycles. The smallest absolute Gasteiger partial charge is 0.364 e. The molecule has 0 aromatic heterocycles. The van der Waals surface area contributed by atoms with Gasteiger partial charge >= 0.3 is 5.97 Å². The van der Waals surface area contributed by atoms with Crippen molar-refractivity contribution in [1.82, 2.24) is 10.6 Å². The zero-order valence-electron chi connectivity index (χ0n) is 51.2. The van der Waals surface area contributed by atoms with Gasteiger partial charge < -0.3 is 100 Å². The van der Waals surface area contributed by atoms with Crippen LogP contribution < -0.4 is 10.6 Å². The van der Waals surface area contributed by atoms with Gasteiger partial charge in [0.25, 0.3) is 5.79 Å². The van der Waals surface area contributed by atoms with E-state index in [9.17, 15) is 75.7 Å². The summed E-state index contributed by atoms with van der Waals surface area (Å²) in [5.74, 6) is -6.15. The zero-order valence-corrected chi connectivity index (χ0v) is 51.2. The molecule has 496 valence electrons. The summed E-state index contributed by atoms with van der Waals surface area (Å²) in [4.78, 5) is 38.4. The first-order valence-corrected chi connectivity index (χ1v) is 32.2. The van der Waals surface area contributed by atoms with Gasteiger partial charge in [-0.15, -0.1) is 0 Å². The fourth-order valence-electron chi connectivity index (χ4n) is 11.2. The summed E-state index contributed by atoms with van der Waals surface area (Å²) < 4.78 is 34.6. The average Bonchev–Trinajstić information content (AvgIpc) is 3.21. The minimum atomic E-state index is -3.08. The van der Waals surface area contributed by atoms with E-state index in [4.69, 9.17) is 28.4 Å². The van der Waals surface area contributed by atoms with Crippen molar-refractivity contribution in [3.05, 3.63) is 24.3 Å². The van der Waals surface area contributed by atoms with Crippen LogP contribution in [0.15, 0.2) is 24.3 Å². The Balaban J connectivity index is 1.58. The number of unbranched alkanes of at least 4 members (excludes halogenated alkanes) is 25. The van der Waals surface area contributed by atoms with E-state index in [-0.39, 0.29) is 12.3 Å². The minimum Gasteiger partial charge on any atom is -0.477 e. The Labute approximate surface area is 504 Å². The number of carbonyl (C=O) groups excluding carboxylic acids is 2. The average molecular weight is 1220 g/mol. The Kier molecular flexibility index (Phi) is 39.4. The van der Waals surface area contributed by atoms with Gasteiger partial charge in [-0.1, -0.05) is 173 Å². The van der Waals surface area contributed by atoms with Gasteiger partial charge in [0.2, 0.25) is 11.8 Å². The van der Waals surface area contributed by atoms with Crippen LogP contribution >= 0.6 is 0 Å². The van der Waals surface area contributed by atoms with Crippen molar-refractivity contribution in [2.75, 3.05) is 26.4 Å². The summed E-state index contributed by atoms with van der Waals surface area (Å²) in [5.41, 5.74) is 0. The van der Waals surface area contributed by atoms with E-state index >= 15 is 0 Å². The van der Waals surface area contributed by atoms with Crippen molar-refractivity contribution in [3.63, 3.8) is 0 Å². The first-order chi connectivity index (χ1) is 40.9. The first-order valence-electron chi connectivity index (χ1n) is 32.2. The largest absolute Gasteiger partial charge is 0.477 e. The van der Waals surface area contributed by atoms with Crippen LogP contribution in [0.1, 0.15) is 213 Å². The predicted molar refractivity (Wildman–Crippen MR) is 315 cm³/mol. The van der Waals surface area contributed by atoms with Crippen LogP contribution in [0.3, 0.4) is 0 Å². The van der Waals surface area contributed by atoms with E-state index in [1.165, 1.54) is 83.5 Å². The van der Waals surface area contributed by atoms with Crippen molar-refractivity contribution < 1.29 is 104 Å². The molecule has 3 aliphatic heterocycles. The van der Waals surface area contributed by atoms with Crippen LogP contribution in [0.4, 0.5) is 0 Å². The van der Waals surface area contributed by atoms with E-state index in [1.54, 1.807) is 6.08 Å². The highest BCUT2D eigenvalue weighted by Gasteiger charge is 2.60. The van der Waals surface area contributed by atoms with Gasteiger partial charge in [-0.25, -0.2) is 4.79 Å². The molecule has 3 saturated heterocycles. The molecule has 0 aromatic rings. The Morgan fingerprint density at radius 1 is 0.612 bits per heavy atom. The Morgan fingerprint density at radius 3 is 1.60 bits per heavy atom. The normalized spacial score (nSPS) is 29.7. The van der Waals surface area contributed by atoms with Gasteiger partial charge in [0, 0.05) is 19.8 Å². The molecule has 0 aromatic carbocycles. The number of hydrogen-bond acceptors (Lipinski definition) is 20. The third-order valence-corrected chi connectivity index (χ3v) is 16.4. The van der Waals surface area contributed by atoms with Gasteiger partial charge in [0.15, 0.2) is 12.6 Å². The van der Waals surface area contributed by atoms with Gasteiger partial charge in [0.05, 0.1) is 50.7 Å². The van der Waals surface area contributed by atoms with Crippen molar-refractivity contribution in [3.8, 4) is 0 Å². The van der Waals surface area contributed by atoms with E-state index in [0.29, 0.717) is 12.8 Å². The lowest BCUT2D eigenvalue weighted by atomic mass is 9.88. The number of hydrogen-bond donors (Lipinski definition) is 14. The predicted octanol–water partition coefficient (Wildman–Crippen LogP) is 4.11. The fourth-order valence-corrected chi connectivity index (χ4v) is 11.2. The fraction of sp³-hybridized carbons (Fsp3) is 0.887. The van der Waals surface area contributed by atoms with Crippen LogP contribution in [0.2, 0.25) is 0 Å². The molecule has 0 radical (unpaired) electrons. The summed E-state index contributed by atoms with van der Waals surface area (Å²) in [6.45, 7) is 2.07. The molecule has 0 spiro atoms. The summed E-state index contributed by atoms with van der Waals surface area (Å²) >= 11 is 0. The molecule has 23 heteroatoms. The van der Waals surface area contributed by atoms with E-state index in [2.05, 4.69) is 36.6 Å². The van der Waals surface area contributed by atoms with Crippen molar-refractivity contribution in [1.29, 1.82) is 0 Å². The highest BCUT2D eigenvalue weighted by molar-refractivity contribution is 5.77. The highest BCUT2D eigenvalue weighted by Crippen LogP contribution is 2.38. The lowest BCUT2D eigenvalue weighted by Crippen LogP contribution is -2.70. The maximum Gasteiger partial charge on any atom is 0.364 e. The molecule has 3 rings (SSSR count). The number of nitrogens with one attached hydrogen (secondary N) is 2. The van der Waals surface area contributed by atoms with Crippen LogP contribution in [-0.4, -0.2) is 215 Å². The number of carboxylic acid groups (broad SMARTS) is 1. The lowest BCUT2D eigenvalue weighted by Gasteiger charge is -2.50. The topological polar surface area (TPSA) is 373 Å². The first kappa shape index (κ1) is 76.5. The van der Waals surface area contributed by atoms with Gasteiger partial charge in [-0.2, -0.15) is 0 Å². The molecule has 0 saturated carbocycles. The quantitative estimate of drug-likeness (QED) is 0.0301. The number of carbonyl (C=O) groups is 3. The SMILES string of the molecule is CCCCCCCCC/C=C/C(O)C(COC1OC(CO)C(OC2OC(CO)C(O)C(OC3(C(=O)O)CC(O)C(NC(C)=O)C(C(O)C(O)CO)O3)C2O)C(O)C1O)NC(=O)CCCCCCCCC/C=C\CCCCCCCCCCCCC. The molecule has 0 bridgehead atoms. The molecule has 3 fully saturated rings. The third kappa shape index (κ3) is 27.5. The molecule has 3 aliphatic rings. The lowest BCUT2D eigenvalue weighted by molar-refractivity contribution is -0.386. The third-order valence-electron chi connectivity index (χ3n) is 16.4. The summed E-state index contributed by atoms with van der Waals surface area (Å²) in [5, 5.41) is 135. The maximum atomic E-state index is 13.4. The Bertz CT molecular complexity index is 1830. The van der Waals surface area contributed by atoms with Crippen molar-refractivity contribution in [2.24, 2.45) is 0 Å². The number of carboxylic acids is 1. The molecule has 85 heavy (non-hydrogen) atoms. The molecule has 2 amide bonds. The van der Waals surface area contributed by atoms with Crippen LogP contribution in [0.25, 0.3) is 0 Å². The van der Waals surface area contributed by atoms with Crippen molar-refractivity contribution in [2.45, 2.75) is 323 Å². The number of rotatable bonds is 47. The van der Waals surface area contributed by atoms with Crippen molar-refractivity contribution >= 4 is 17.8 Å². The zero-order chi connectivity index (χ0) is 62.6. The van der Waals surface area contributed by atoms with E-state index in [1.807, 2.05) is 6.08 Å². The molecule has 0 aliphatic carbocycles. The van der Waals surface area contributed by atoms with Gasteiger partial charge in [-0.05, 0) is 44.9 Å².